The molecule has 0 amide bonds. The van der Waals surface area contributed by atoms with Gasteiger partial charge in [-0.3, -0.25) is 0 Å². The lowest BCUT2D eigenvalue weighted by atomic mass is 9.78. The smallest absolute Gasteiger partial charge is 0.127 e. The molecular formula is C129H84O12. The van der Waals surface area contributed by atoms with Crippen LogP contribution >= 0.6 is 0 Å². The summed E-state index contributed by atoms with van der Waals surface area (Å²) in [6, 6.07) is 120. The highest BCUT2D eigenvalue weighted by atomic mass is 16.3. The lowest BCUT2D eigenvalue weighted by Crippen LogP contribution is -2.02. The maximum Gasteiger partial charge on any atom is 0.127 e. The third-order valence-corrected chi connectivity index (χ3v) is 29.3. The molecule has 0 fully saturated rings. The van der Waals surface area contributed by atoms with Crippen LogP contribution in [0.15, 0.2) is 382 Å². The minimum Gasteiger partial charge on any atom is -0.507 e. The van der Waals surface area contributed by atoms with Crippen LogP contribution in [0.2, 0.25) is 0 Å². The van der Waals surface area contributed by atoms with Gasteiger partial charge in [0.1, 0.15) is 69.0 Å². The standard InChI is InChI=1S/C129H84O12/c1-67-118(94-55-100(112(136)61-106(94)130)124-82-40-16-22-46-88(82)127(89-47-23-17-41-83(89)124)103-58-97(109(133)64-115(103)139)121-76-34-10-4-28-70(76)52-71-29-5-11-35-77(71)121)68(2)120(96-57-102(114(138)63-108(96)132)126-86-44-20-26-50-92(86)129(93-51-27-21-45-87(93)126)105-60-99(111(135)66-117(105)141)123-80-38-14-8-32-74(80)54-75-33-9-15-39-81(75)123)69(3)119(67)95-56-101(113(137)62-107(95)131)125-84-42-18-24-48-90(84)128(91-49-25-19-43-85(91)125)104-59-98(110(134)65-116(104)140)122-78-36-12-6-30-72(78)53-73-31-7-13-37-79(73)122/h4-66,130-141H,1-3H3. The summed E-state index contributed by atoms with van der Waals surface area (Å²) in [6.07, 6.45) is 0. The largest absolute Gasteiger partial charge is 0.507 e. The minimum absolute atomic E-state index is 0.118. The Balaban J connectivity index is 0.723. The summed E-state index contributed by atoms with van der Waals surface area (Å²) in [5, 5.41) is 173. The number of benzene rings is 25. The molecule has 25 rings (SSSR count). The molecule has 12 heteroatoms. The van der Waals surface area contributed by atoms with Gasteiger partial charge in [0.25, 0.3) is 0 Å². The van der Waals surface area contributed by atoms with Crippen LogP contribution in [0.4, 0.5) is 0 Å². The van der Waals surface area contributed by atoms with E-state index in [1.165, 1.54) is 36.4 Å². The predicted octanol–water partition coefficient (Wildman–Crippen LogP) is 32.9. The van der Waals surface area contributed by atoms with Crippen LogP contribution in [0.3, 0.4) is 0 Å². The average molecular weight is 1830 g/mol. The number of phenolic OH excluding ortho intramolecular Hbond substituents is 12. The molecular weight excluding hydrogens is 1740 g/mol. The maximum atomic E-state index is 13.3. The van der Waals surface area contributed by atoms with Crippen molar-refractivity contribution in [2.45, 2.75) is 20.8 Å². The van der Waals surface area contributed by atoms with Crippen molar-refractivity contribution >= 4 is 129 Å². The normalized spacial score (nSPS) is 11.9. The van der Waals surface area contributed by atoms with Gasteiger partial charge < -0.3 is 61.3 Å². The number of hydrogen-bond acceptors (Lipinski definition) is 12. The zero-order chi connectivity index (χ0) is 95.9. The first-order valence-corrected chi connectivity index (χ1v) is 46.8. The molecule has 25 aromatic rings. The number of hydrogen-bond donors (Lipinski definition) is 12. The van der Waals surface area contributed by atoms with Crippen molar-refractivity contribution in [3.05, 3.63) is 399 Å². The van der Waals surface area contributed by atoms with Crippen molar-refractivity contribution in [3.63, 3.8) is 0 Å². The van der Waals surface area contributed by atoms with Gasteiger partial charge in [0.15, 0.2) is 0 Å². The maximum absolute atomic E-state index is 13.3. The highest BCUT2D eigenvalue weighted by molar-refractivity contribution is 6.28. The van der Waals surface area contributed by atoms with Gasteiger partial charge in [-0.1, -0.05) is 291 Å². The molecule has 141 heavy (non-hydrogen) atoms. The Bertz CT molecular complexity index is 8590. The van der Waals surface area contributed by atoms with E-state index in [0.717, 1.165) is 81.3 Å². The molecule has 0 aromatic heterocycles. The van der Waals surface area contributed by atoms with Crippen molar-refractivity contribution in [2.24, 2.45) is 0 Å². The van der Waals surface area contributed by atoms with Gasteiger partial charge in [-0.15, -0.1) is 0 Å². The van der Waals surface area contributed by atoms with E-state index in [4.69, 9.17) is 0 Å². The quantitative estimate of drug-likeness (QED) is 0.0511. The average Bonchev–Trinajstić information content (AvgIpc) is 0.720. The zero-order valence-electron chi connectivity index (χ0n) is 76.2. The van der Waals surface area contributed by atoms with Crippen LogP contribution in [-0.2, 0) is 0 Å². The van der Waals surface area contributed by atoms with E-state index < -0.39 is 0 Å². The van der Waals surface area contributed by atoms with Crippen LogP contribution in [-0.4, -0.2) is 61.3 Å². The number of phenols is 12. The first-order chi connectivity index (χ1) is 68.7. The fraction of sp³-hybridized carbons (Fsp3) is 0.0233. The van der Waals surface area contributed by atoms with Gasteiger partial charge in [0.2, 0.25) is 0 Å². The molecule has 0 bridgehead atoms. The lowest BCUT2D eigenvalue weighted by molar-refractivity contribution is 0.452. The Kier molecular flexibility index (Phi) is 19.2. The Hall–Kier alpha value is -18.8. The molecule has 0 spiro atoms. The summed E-state index contributed by atoms with van der Waals surface area (Å²) in [7, 11) is 0. The molecule has 0 heterocycles. The monoisotopic (exact) mass is 1820 g/mol. The van der Waals surface area contributed by atoms with Crippen LogP contribution < -0.4 is 0 Å². The predicted molar refractivity (Wildman–Crippen MR) is 576 cm³/mol. The van der Waals surface area contributed by atoms with Crippen molar-refractivity contribution in [3.8, 4) is 203 Å². The SMILES string of the molecule is Cc1c(-c2cc(-c3c4ccccc4c(-c4cc(-c5c6ccccc6cc6ccccc56)c(O)cc4O)c4ccccc34)c(O)cc2O)c(C)c(-c2cc(-c3c4ccccc4c(-c4cc(-c5c6ccccc6cc6ccccc56)c(O)cc4O)c4ccccc34)c(O)cc2O)c(C)c1-c1cc(-c2c3ccccc3c(-c3cc(-c4c5ccccc5cc5ccccc45)c(O)cc3O)c3ccccc23)c(O)cc1O. The minimum atomic E-state index is -0.340. The number of fused-ring (bicyclic) bond motifs is 12. The lowest BCUT2D eigenvalue weighted by Gasteiger charge is -2.26. The molecule has 12 nitrogen and oxygen atoms in total. The summed E-state index contributed by atoms with van der Waals surface area (Å²) in [5.41, 5.74) is 13.2. The van der Waals surface area contributed by atoms with Gasteiger partial charge in [-0.2, -0.15) is 0 Å². The van der Waals surface area contributed by atoms with E-state index in [1.54, 1.807) is 18.2 Å². The third kappa shape index (κ3) is 12.9. The first kappa shape index (κ1) is 84.0. The Labute approximate surface area is 807 Å². The second-order valence-electron chi connectivity index (χ2n) is 36.9. The van der Waals surface area contributed by atoms with E-state index in [0.29, 0.717) is 181 Å². The molecule has 12 N–H and O–H groups in total. The third-order valence-electron chi connectivity index (χ3n) is 29.3. The number of rotatable bonds is 12. The van der Waals surface area contributed by atoms with E-state index >= 15 is 0 Å². The summed E-state index contributed by atoms with van der Waals surface area (Å²) in [6.45, 7) is 5.68. The molecule has 0 saturated heterocycles. The van der Waals surface area contributed by atoms with Crippen molar-refractivity contribution < 1.29 is 61.3 Å². The van der Waals surface area contributed by atoms with Crippen molar-refractivity contribution in [1.82, 2.24) is 0 Å². The summed E-state index contributed by atoms with van der Waals surface area (Å²) in [5.74, 6) is -2.74. The van der Waals surface area contributed by atoms with E-state index in [2.05, 4.69) is 18.2 Å². The Morgan fingerprint density at radius 1 is 0.106 bits per heavy atom. The van der Waals surface area contributed by atoms with Gasteiger partial charge in [0, 0.05) is 153 Å². The second kappa shape index (κ2) is 32.2. The van der Waals surface area contributed by atoms with Gasteiger partial charge in [-0.05, 0) is 238 Å². The highest BCUT2D eigenvalue weighted by Crippen LogP contribution is 2.61. The summed E-state index contributed by atoms with van der Waals surface area (Å²) >= 11 is 0. The zero-order valence-corrected chi connectivity index (χ0v) is 76.2. The Morgan fingerprint density at radius 2 is 0.206 bits per heavy atom. The van der Waals surface area contributed by atoms with Crippen molar-refractivity contribution in [2.75, 3.05) is 0 Å². The molecule has 25 aromatic carbocycles. The summed E-state index contributed by atoms with van der Waals surface area (Å²) in [4.78, 5) is 0. The molecule has 0 radical (unpaired) electrons. The topological polar surface area (TPSA) is 243 Å². The Morgan fingerprint density at radius 3 is 0.333 bits per heavy atom. The molecule has 0 aliphatic carbocycles. The van der Waals surface area contributed by atoms with Gasteiger partial charge in [-0.25, -0.2) is 0 Å². The van der Waals surface area contributed by atoms with E-state index in [9.17, 15) is 61.3 Å². The first-order valence-electron chi connectivity index (χ1n) is 46.8. The van der Waals surface area contributed by atoms with Gasteiger partial charge >= 0.3 is 0 Å². The van der Waals surface area contributed by atoms with Crippen LogP contribution in [0.25, 0.3) is 263 Å². The summed E-state index contributed by atoms with van der Waals surface area (Å²) < 4.78 is 0. The number of aromatic hydroxyl groups is 12. The van der Waals surface area contributed by atoms with Crippen molar-refractivity contribution in [1.29, 1.82) is 0 Å². The molecule has 672 valence electrons. The molecule has 0 unspecified atom stereocenters. The molecule has 0 aliphatic heterocycles. The second-order valence-corrected chi connectivity index (χ2v) is 36.9. The highest BCUT2D eigenvalue weighted by Gasteiger charge is 2.34. The van der Waals surface area contributed by atoms with Crippen LogP contribution in [0.5, 0.6) is 69.0 Å². The van der Waals surface area contributed by atoms with E-state index in [-0.39, 0.29) is 85.7 Å². The van der Waals surface area contributed by atoms with E-state index in [1.807, 2.05) is 330 Å². The molecule has 0 atom stereocenters. The molecule has 0 saturated carbocycles. The molecule has 0 aliphatic rings. The van der Waals surface area contributed by atoms with Crippen LogP contribution in [0.1, 0.15) is 16.7 Å². The van der Waals surface area contributed by atoms with Gasteiger partial charge in [0.05, 0.1) is 0 Å². The fourth-order valence-corrected chi connectivity index (χ4v) is 23.3. The fourth-order valence-electron chi connectivity index (χ4n) is 23.3. The van der Waals surface area contributed by atoms with Crippen LogP contribution in [0, 0.1) is 20.8 Å².